The van der Waals surface area contributed by atoms with Gasteiger partial charge in [-0.05, 0) is 6.42 Å². The summed E-state index contributed by atoms with van der Waals surface area (Å²) in [5, 5.41) is 11.6. The summed E-state index contributed by atoms with van der Waals surface area (Å²) < 4.78 is 11.0. The molecule has 100 valence electrons. The van der Waals surface area contributed by atoms with Gasteiger partial charge in [-0.25, -0.2) is 0 Å². The van der Waals surface area contributed by atoms with Gasteiger partial charge in [-0.15, -0.1) is 6.58 Å². The minimum atomic E-state index is -0.0897. The van der Waals surface area contributed by atoms with Gasteiger partial charge in [0.2, 0.25) is 0 Å². The normalized spacial score (nSPS) is 10.5. The van der Waals surface area contributed by atoms with E-state index in [9.17, 15) is 5.11 Å². The molecule has 0 amide bonds. The number of rotatable bonds is 5. The first-order valence-corrected chi connectivity index (χ1v) is 6.14. The maximum atomic E-state index is 9.67. The fraction of sp³-hybridized carbons (Fsp3) is 0.250. The van der Waals surface area contributed by atoms with Gasteiger partial charge in [0.15, 0.2) is 0 Å². The van der Waals surface area contributed by atoms with Crippen LogP contribution in [-0.4, -0.2) is 19.3 Å². The van der Waals surface area contributed by atoms with Gasteiger partial charge >= 0.3 is 0 Å². The molecule has 2 aromatic rings. The quantitative estimate of drug-likeness (QED) is 0.838. The smallest absolute Gasteiger partial charge is 0.132 e. The third kappa shape index (κ3) is 2.17. The van der Waals surface area contributed by atoms with Crippen molar-refractivity contribution in [3.8, 4) is 11.5 Å². The van der Waals surface area contributed by atoms with E-state index in [4.69, 9.17) is 9.47 Å². The molecule has 0 atom stereocenters. The van der Waals surface area contributed by atoms with Gasteiger partial charge in [0, 0.05) is 21.9 Å². The van der Waals surface area contributed by atoms with E-state index in [1.54, 1.807) is 20.3 Å². The van der Waals surface area contributed by atoms with Crippen molar-refractivity contribution in [3.63, 3.8) is 0 Å². The zero-order chi connectivity index (χ0) is 13.8. The summed E-state index contributed by atoms with van der Waals surface area (Å²) in [7, 11) is 3.26. The Labute approximate surface area is 113 Å². The lowest BCUT2D eigenvalue weighted by Crippen LogP contribution is -2.03. The van der Waals surface area contributed by atoms with E-state index >= 15 is 0 Å². The Morgan fingerprint density at radius 3 is 2.00 bits per heavy atom. The van der Waals surface area contributed by atoms with E-state index in [1.807, 2.05) is 24.3 Å². The molecule has 19 heavy (non-hydrogen) atoms. The third-order valence-corrected chi connectivity index (χ3v) is 3.24. The number of aliphatic hydroxyl groups excluding tert-OH is 1. The average Bonchev–Trinajstić information content (AvgIpc) is 2.46. The van der Waals surface area contributed by atoms with Gasteiger partial charge in [0.1, 0.15) is 11.5 Å². The van der Waals surface area contributed by atoms with Crippen LogP contribution in [-0.2, 0) is 13.0 Å². The van der Waals surface area contributed by atoms with Crippen LogP contribution >= 0.6 is 0 Å². The number of hydrogen-bond donors (Lipinski definition) is 1. The maximum Gasteiger partial charge on any atom is 0.132 e. The highest BCUT2D eigenvalue weighted by molar-refractivity contribution is 5.96. The predicted molar refractivity (Wildman–Crippen MR) is 76.9 cm³/mol. The molecule has 0 fully saturated rings. The highest BCUT2D eigenvalue weighted by atomic mass is 16.5. The van der Waals surface area contributed by atoms with Crippen molar-refractivity contribution >= 4 is 10.8 Å². The summed E-state index contributed by atoms with van der Waals surface area (Å²) in [4.78, 5) is 0. The van der Waals surface area contributed by atoms with Crippen molar-refractivity contribution in [2.24, 2.45) is 0 Å². The molecule has 1 N–H and O–H groups in total. The third-order valence-electron chi connectivity index (χ3n) is 3.24. The molecule has 0 bridgehead atoms. The molecule has 0 radical (unpaired) electrons. The molecular formula is C16H18O3. The minimum absolute atomic E-state index is 0.0897. The predicted octanol–water partition coefficient (Wildman–Crippen LogP) is 3.08. The largest absolute Gasteiger partial charge is 0.496 e. The lowest BCUT2D eigenvalue weighted by molar-refractivity contribution is 0.272. The molecule has 0 aromatic heterocycles. The lowest BCUT2D eigenvalue weighted by atomic mass is 9.96. The number of hydrogen-bond acceptors (Lipinski definition) is 3. The highest BCUT2D eigenvalue weighted by Gasteiger charge is 2.19. The molecule has 0 aliphatic carbocycles. The molecule has 0 unspecified atom stereocenters. The molecule has 0 aliphatic rings. The fourth-order valence-electron chi connectivity index (χ4n) is 2.47. The van der Waals surface area contributed by atoms with Crippen LogP contribution in [0, 0.1) is 0 Å². The zero-order valence-electron chi connectivity index (χ0n) is 11.3. The van der Waals surface area contributed by atoms with Gasteiger partial charge in [-0.2, -0.15) is 0 Å². The summed E-state index contributed by atoms with van der Waals surface area (Å²) in [6.45, 7) is 3.67. The van der Waals surface area contributed by atoms with Crippen molar-refractivity contribution < 1.29 is 14.6 Å². The van der Waals surface area contributed by atoms with Crippen molar-refractivity contribution in [2.75, 3.05) is 14.2 Å². The molecular weight excluding hydrogens is 240 g/mol. The molecule has 0 saturated heterocycles. The van der Waals surface area contributed by atoms with Crippen molar-refractivity contribution in [1.29, 1.82) is 0 Å². The molecule has 0 saturated carbocycles. The summed E-state index contributed by atoms with van der Waals surface area (Å²) in [5.41, 5.74) is 1.69. The molecule has 3 heteroatoms. The van der Waals surface area contributed by atoms with Crippen molar-refractivity contribution in [3.05, 3.63) is 48.0 Å². The van der Waals surface area contributed by atoms with Gasteiger partial charge in [0.25, 0.3) is 0 Å². The van der Waals surface area contributed by atoms with Crippen molar-refractivity contribution in [1.82, 2.24) is 0 Å². The number of methoxy groups -OCH3 is 2. The number of ether oxygens (including phenoxy) is 2. The van der Waals surface area contributed by atoms with Crippen LogP contribution in [0.1, 0.15) is 11.1 Å². The van der Waals surface area contributed by atoms with Crippen LogP contribution < -0.4 is 9.47 Å². The molecule has 0 spiro atoms. The SMILES string of the molecule is C=CCc1c(CO)c(OC)c2ccccc2c1OC. The van der Waals surface area contributed by atoms with E-state index in [0.717, 1.165) is 27.6 Å². The first kappa shape index (κ1) is 13.4. The highest BCUT2D eigenvalue weighted by Crippen LogP contribution is 2.41. The summed E-state index contributed by atoms with van der Waals surface area (Å²) in [5.74, 6) is 1.48. The Morgan fingerprint density at radius 2 is 1.58 bits per heavy atom. The molecule has 2 aromatic carbocycles. The van der Waals surface area contributed by atoms with Gasteiger partial charge in [-0.3, -0.25) is 0 Å². The number of fused-ring (bicyclic) bond motifs is 1. The van der Waals surface area contributed by atoms with E-state index < -0.39 is 0 Å². The van der Waals surface area contributed by atoms with Crippen LogP contribution in [0.5, 0.6) is 11.5 Å². The molecule has 3 nitrogen and oxygen atoms in total. The van der Waals surface area contributed by atoms with Crippen molar-refractivity contribution in [2.45, 2.75) is 13.0 Å². The molecule has 0 aliphatic heterocycles. The lowest BCUT2D eigenvalue weighted by Gasteiger charge is -2.19. The fourth-order valence-corrected chi connectivity index (χ4v) is 2.47. The Morgan fingerprint density at radius 1 is 1.05 bits per heavy atom. The summed E-state index contributed by atoms with van der Waals surface area (Å²) in [6, 6.07) is 7.86. The second-order valence-corrected chi connectivity index (χ2v) is 4.22. The topological polar surface area (TPSA) is 38.7 Å². The Kier molecular flexibility index (Phi) is 4.07. The van der Waals surface area contributed by atoms with Crippen LogP contribution in [0.3, 0.4) is 0 Å². The standard InChI is InChI=1S/C16H18O3/c1-4-7-11-14(10-17)16(19-3)13-9-6-5-8-12(13)15(11)18-2/h4-6,8-9,17H,1,7,10H2,2-3H3. The first-order valence-electron chi connectivity index (χ1n) is 6.14. The number of allylic oxidation sites excluding steroid dienone is 1. The minimum Gasteiger partial charge on any atom is -0.496 e. The van der Waals surface area contributed by atoms with Gasteiger partial charge < -0.3 is 14.6 Å². The van der Waals surface area contributed by atoms with Crippen LogP contribution in [0.2, 0.25) is 0 Å². The molecule has 0 heterocycles. The first-order chi connectivity index (χ1) is 9.28. The van der Waals surface area contributed by atoms with Gasteiger partial charge in [0.05, 0.1) is 20.8 Å². The van der Waals surface area contributed by atoms with Crippen LogP contribution in [0.15, 0.2) is 36.9 Å². The zero-order valence-corrected chi connectivity index (χ0v) is 11.3. The summed E-state index contributed by atoms with van der Waals surface area (Å²) in [6.07, 6.45) is 2.42. The van der Waals surface area contributed by atoms with E-state index in [-0.39, 0.29) is 6.61 Å². The Hall–Kier alpha value is -2.00. The van der Waals surface area contributed by atoms with E-state index in [0.29, 0.717) is 12.2 Å². The Balaban J connectivity index is 2.92. The second-order valence-electron chi connectivity index (χ2n) is 4.22. The summed E-state index contributed by atoms with van der Waals surface area (Å²) >= 11 is 0. The monoisotopic (exact) mass is 258 g/mol. The number of aliphatic hydroxyl groups is 1. The van der Waals surface area contributed by atoms with E-state index in [2.05, 4.69) is 6.58 Å². The maximum absolute atomic E-state index is 9.67. The van der Waals surface area contributed by atoms with Gasteiger partial charge in [-0.1, -0.05) is 30.3 Å². The van der Waals surface area contributed by atoms with Crippen LogP contribution in [0.4, 0.5) is 0 Å². The van der Waals surface area contributed by atoms with Crippen LogP contribution in [0.25, 0.3) is 10.8 Å². The average molecular weight is 258 g/mol. The van der Waals surface area contributed by atoms with E-state index in [1.165, 1.54) is 0 Å². The Bertz CT molecular complexity index is 602. The number of benzene rings is 2. The molecule has 2 rings (SSSR count). The second kappa shape index (κ2) is 5.76.